The highest BCUT2D eigenvalue weighted by Gasteiger charge is 2.22. The van der Waals surface area contributed by atoms with Gasteiger partial charge in [0.1, 0.15) is 12.4 Å². The lowest BCUT2D eigenvalue weighted by molar-refractivity contribution is 0.259. The zero-order chi connectivity index (χ0) is 16.6. The van der Waals surface area contributed by atoms with Crippen LogP contribution in [0, 0.1) is 0 Å². The summed E-state index contributed by atoms with van der Waals surface area (Å²) in [7, 11) is 0. The standard InChI is InChI=1S/C21H28N2O/c1-2-23-14-8-12-20(23)16-22-15-19-11-6-7-13-21(19)24-17-18-9-4-3-5-10-18/h3-7,9-11,13,20,22H,2,8,12,14-17H2,1H3/t20-/m1/s1. The summed E-state index contributed by atoms with van der Waals surface area (Å²) in [6.45, 7) is 7.19. The molecule has 2 aromatic rings. The van der Waals surface area contributed by atoms with Gasteiger partial charge in [-0.2, -0.15) is 0 Å². The monoisotopic (exact) mass is 324 g/mol. The molecule has 0 aliphatic carbocycles. The number of benzene rings is 2. The van der Waals surface area contributed by atoms with Crippen molar-refractivity contribution in [2.24, 2.45) is 0 Å². The number of nitrogens with one attached hydrogen (secondary N) is 1. The quantitative estimate of drug-likeness (QED) is 0.798. The minimum absolute atomic E-state index is 0.615. The third-order valence-corrected chi connectivity index (χ3v) is 4.81. The highest BCUT2D eigenvalue weighted by molar-refractivity contribution is 5.33. The largest absolute Gasteiger partial charge is 0.489 e. The zero-order valence-electron chi connectivity index (χ0n) is 14.6. The van der Waals surface area contributed by atoms with Gasteiger partial charge in [-0.3, -0.25) is 4.90 Å². The molecule has 128 valence electrons. The Hall–Kier alpha value is -1.84. The molecule has 1 aliphatic rings. The number of hydrogen-bond donors (Lipinski definition) is 1. The van der Waals surface area contributed by atoms with Gasteiger partial charge in [0, 0.05) is 24.7 Å². The third-order valence-electron chi connectivity index (χ3n) is 4.81. The maximum Gasteiger partial charge on any atom is 0.124 e. The highest BCUT2D eigenvalue weighted by Crippen LogP contribution is 2.20. The summed E-state index contributed by atoms with van der Waals surface area (Å²) in [5.41, 5.74) is 2.43. The van der Waals surface area contributed by atoms with Crippen molar-refractivity contribution in [3.05, 3.63) is 65.7 Å². The van der Waals surface area contributed by atoms with E-state index in [0.717, 1.165) is 25.4 Å². The fourth-order valence-corrected chi connectivity index (χ4v) is 3.44. The number of para-hydroxylation sites is 1. The normalized spacial score (nSPS) is 18.0. The molecule has 0 bridgehead atoms. The van der Waals surface area contributed by atoms with E-state index in [9.17, 15) is 0 Å². The Bertz CT molecular complexity index is 614. The van der Waals surface area contributed by atoms with Crippen molar-refractivity contribution < 1.29 is 4.74 Å². The van der Waals surface area contributed by atoms with Crippen LogP contribution < -0.4 is 10.1 Å². The van der Waals surface area contributed by atoms with E-state index in [0.29, 0.717) is 12.6 Å². The molecule has 3 rings (SSSR count). The van der Waals surface area contributed by atoms with Crippen LogP contribution in [0.1, 0.15) is 30.9 Å². The van der Waals surface area contributed by atoms with Gasteiger partial charge in [-0.15, -0.1) is 0 Å². The predicted octanol–water partition coefficient (Wildman–Crippen LogP) is 3.84. The second-order valence-corrected chi connectivity index (χ2v) is 6.44. The Kier molecular flexibility index (Phi) is 6.27. The summed E-state index contributed by atoms with van der Waals surface area (Å²) in [5.74, 6) is 0.979. The van der Waals surface area contributed by atoms with Gasteiger partial charge in [0.15, 0.2) is 0 Å². The Labute approximate surface area is 145 Å². The number of rotatable bonds is 8. The molecule has 1 N–H and O–H groups in total. The van der Waals surface area contributed by atoms with E-state index in [-0.39, 0.29) is 0 Å². The Morgan fingerprint density at radius 2 is 1.88 bits per heavy atom. The van der Waals surface area contributed by atoms with Crippen molar-refractivity contribution in [3.8, 4) is 5.75 Å². The summed E-state index contributed by atoms with van der Waals surface area (Å²) in [6, 6.07) is 19.4. The van der Waals surface area contributed by atoms with Gasteiger partial charge in [-0.1, -0.05) is 55.5 Å². The van der Waals surface area contributed by atoms with Gasteiger partial charge in [-0.25, -0.2) is 0 Å². The molecule has 0 spiro atoms. The molecule has 3 nitrogen and oxygen atoms in total. The van der Waals surface area contributed by atoms with Crippen molar-refractivity contribution in [2.45, 2.75) is 39.0 Å². The summed E-state index contributed by atoms with van der Waals surface area (Å²) < 4.78 is 6.04. The predicted molar refractivity (Wildman–Crippen MR) is 99.2 cm³/mol. The summed E-state index contributed by atoms with van der Waals surface area (Å²) in [5, 5.41) is 3.62. The average molecular weight is 324 g/mol. The third kappa shape index (κ3) is 4.59. The molecule has 1 saturated heterocycles. The van der Waals surface area contributed by atoms with Crippen LogP contribution in [-0.4, -0.2) is 30.6 Å². The number of nitrogens with zero attached hydrogens (tertiary/aromatic N) is 1. The molecule has 1 fully saturated rings. The van der Waals surface area contributed by atoms with Gasteiger partial charge in [-0.05, 0) is 37.6 Å². The summed E-state index contributed by atoms with van der Waals surface area (Å²) >= 11 is 0. The molecule has 1 atom stereocenters. The number of ether oxygens (including phenoxy) is 1. The van der Waals surface area contributed by atoms with Crippen molar-refractivity contribution in [2.75, 3.05) is 19.6 Å². The van der Waals surface area contributed by atoms with E-state index >= 15 is 0 Å². The minimum atomic E-state index is 0.615. The van der Waals surface area contributed by atoms with E-state index in [2.05, 4.69) is 47.5 Å². The average Bonchev–Trinajstić information content (AvgIpc) is 3.09. The van der Waals surface area contributed by atoms with Gasteiger partial charge in [0.05, 0.1) is 0 Å². The molecular weight excluding hydrogens is 296 g/mol. The van der Waals surface area contributed by atoms with Crippen LogP contribution in [0.25, 0.3) is 0 Å². The Morgan fingerprint density at radius 3 is 2.71 bits per heavy atom. The van der Waals surface area contributed by atoms with Crippen LogP contribution in [0.3, 0.4) is 0 Å². The molecule has 2 aromatic carbocycles. The molecule has 24 heavy (non-hydrogen) atoms. The number of hydrogen-bond acceptors (Lipinski definition) is 3. The van der Waals surface area contributed by atoms with E-state index < -0.39 is 0 Å². The minimum Gasteiger partial charge on any atom is -0.489 e. The SMILES string of the molecule is CCN1CCC[C@@H]1CNCc1ccccc1OCc1ccccc1. The molecule has 0 aromatic heterocycles. The molecule has 0 radical (unpaired) electrons. The first-order valence-corrected chi connectivity index (χ1v) is 9.06. The fraction of sp³-hybridized carbons (Fsp3) is 0.429. The maximum atomic E-state index is 6.04. The van der Waals surface area contributed by atoms with Crippen LogP contribution in [-0.2, 0) is 13.2 Å². The van der Waals surface area contributed by atoms with E-state index in [1.807, 2.05) is 24.3 Å². The van der Waals surface area contributed by atoms with Crippen LogP contribution >= 0.6 is 0 Å². The van der Waals surface area contributed by atoms with Gasteiger partial charge in [0.2, 0.25) is 0 Å². The Balaban J connectivity index is 1.52. The van der Waals surface area contributed by atoms with E-state index in [4.69, 9.17) is 4.74 Å². The molecule has 1 heterocycles. The zero-order valence-corrected chi connectivity index (χ0v) is 14.6. The van der Waals surface area contributed by atoms with Crippen molar-refractivity contribution in [3.63, 3.8) is 0 Å². The van der Waals surface area contributed by atoms with Crippen molar-refractivity contribution in [1.29, 1.82) is 0 Å². The first kappa shape index (κ1) is 17.0. The molecule has 3 heteroatoms. The van der Waals surface area contributed by atoms with Gasteiger partial charge >= 0.3 is 0 Å². The van der Waals surface area contributed by atoms with Gasteiger partial charge < -0.3 is 10.1 Å². The van der Waals surface area contributed by atoms with E-state index in [1.165, 1.54) is 30.5 Å². The van der Waals surface area contributed by atoms with Crippen molar-refractivity contribution >= 4 is 0 Å². The molecule has 1 aliphatic heterocycles. The molecule has 0 saturated carbocycles. The lowest BCUT2D eigenvalue weighted by Crippen LogP contribution is -2.37. The second-order valence-electron chi connectivity index (χ2n) is 6.44. The molecule has 0 amide bonds. The van der Waals surface area contributed by atoms with Crippen LogP contribution in [0.2, 0.25) is 0 Å². The lowest BCUT2D eigenvalue weighted by Gasteiger charge is -2.23. The lowest BCUT2D eigenvalue weighted by atomic mass is 10.1. The Morgan fingerprint density at radius 1 is 1.08 bits per heavy atom. The second kappa shape index (κ2) is 8.86. The first-order chi connectivity index (χ1) is 11.9. The fourth-order valence-electron chi connectivity index (χ4n) is 3.44. The van der Waals surface area contributed by atoms with Crippen LogP contribution in [0.5, 0.6) is 5.75 Å². The molecular formula is C21H28N2O. The van der Waals surface area contributed by atoms with Crippen LogP contribution in [0.15, 0.2) is 54.6 Å². The summed E-state index contributed by atoms with van der Waals surface area (Å²) in [6.07, 6.45) is 2.64. The summed E-state index contributed by atoms with van der Waals surface area (Å²) in [4.78, 5) is 2.57. The maximum absolute atomic E-state index is 6.04. The topological polar surface area (TPSA) is 24.5 Å². The van der Waals surface area contributed by atoms with Crippen molar-refractivity contribution in [1.82, 2.24) is 10.2 Å². The number of likely N-dealkylation sites (N-methyl/N-ethyl adjacent to an activating group) is 1. The smallest absolute Gasteiger partial charge is 0.124 e. The number of likely N-dealkylation sites (tertiary alicyclic amines) is 1. The van der Waals surface area contributed by atoms with Gasteiger partial charge in [0.25, 0.3) is 0 Å². The first-order valence-electron chi connectivity index (χ1n) is 9.06. The van der Waals surface area contributed by atoms with E-state index in [1.54, 1.807) is 0 Å². The molecule has 0 unspecified atom stereocenters. The van der Waals surface area contributed by atoms with Crippen LogP contribution in [0.4, 0.5) is 0 Å². The highest BCUT2D eigenvalue weighted by atomic mass is 16.5.